The van der Waals surface area contributed by atoms with Gasteiger partial charge >= 0.3 is 0 Å². The molecule has 0 radical (unpaired) electrons. The minimum atomic E-state index is -0.608. The van der Waals surface area contributed by atoms with Crippen molar-refractivity contribution in [1.82, 2.24) is 10.6 Å². The molecule has 0 saturated heterocycles. The fourth-order valence-electron chi connectivity index (χ4n) is 0.875. The Bertz CT molecular complexity index is 206. The number of nitrogens with one attached hydrogen (secondary N) is 2. The van der Waals surface area contributed by atoms with Gasteiger partial charge < -0.3 is 10.6 Å². The molecule has 0 rings (SSSR count). The highest BCUT2D eigenvalue weighted by Crippen LogP contribution is 2.11. The van der Waals surface area contributed by atoms with E-state index in [0.29, 0.717) is 6.54 Å². The number of thiol groups is 2. The lowest BCUT2D eigenvalue weighted by Crippen LogP contribution is -2.42. The van der Waals surface area contributed by atoms with Gasteiger partial charge in [-0.1, -0.05) is 0 Å². The third-order valence-corrected chi connectivity index (χ3v) is 2.06. The van der Waals surface area contributed by atoms with Gasteiger partial charge in [-0.2, -0.15) is 25.3 Å². The SMILES string of the molecule is CC(C)(S)CNCCNC(=O)C(C)(C)S. The van der Waals surface area contributed by atoms with Crippen molar-refractivity contribution in [3.8, 4) is 0 Å². The molecule has 0 aromatic heterocycles. The number of rotatable bonds is 6. The highest BCUT2D eigenvalue weighted by Gasteiger charge is 2.21. The Kier molecular flexibility index (Phi) is 6.06. The molecule has 0 atom stereocenters. The van der Waals surface area contributed by atoms with Gasteiger partial charge in [-0.15, -0.1) is 0 Å². The molecule has 1 amide bonds. The zero-order valence-electron chi connectivity index (χ0n) is 9.92. The van der Waals surface area contributed by atoms with Crippen molar-refractivity contribution in [2.45, 2.75) is 37.2 Å². The molecule has 0 fully saturated rings. The van der Waals surface area contributed by atoms with E-state index in [1.165, 1.54) is 0 Å². The van der Waals surface area contributed by atoms with Gasteiger partial charge in [0.2, 0.25) is 5.91 Å². The summed E-state index contributed by atoms with van der Waals surface area (Å²) in [4.78, 5) is 11.4. The van der Waals surface area contributed by atoms with Crippen LogP contribution in [0, 0.1) is 0 Å². The summed E-state index contributed by atoms with van der Waals surface area (Å²) in [7, 11) is 0. The molecule has 0 unspecified atom stereocenters. The van der Waals surface area contributed by atoms with E-state index >= 15 is 0 Å². The maximum absolute atomic E-state index is 11.4. The number of carbonyl (C=O) groups is 1. The van der Waals surface area contributed by atoms with Crippen LogP contribution < -0.4 is 10.6 Å². The van der Waals surface area contributed by atoms with E-state index in [1.807, 2.05) is 13.8 Å². The lowest BCUT2D eigenvalue weighted by molar-refractivity contribution is -0.122. The van der Waals surface area contributed by atoms with Crippen molar-refractivity contribution in [2.75, 3.05) is 19.6 Å². The van der Waals surface area contributed by atoms with Crippen LogP contribution in [0.1, 0.15) is 27.7 Å². The number of hydrogen-bond acceptors (Lipinski definition) is 4. The summed E-state index contributed by atoms with van der Waals surface area (Å²) in [6, 6.07) is 0. The molecule has 0 aliphatic carbocycles. The Morgan fingerprint density at radius 3 is 2.07 bits per heavy atom. The molecular weight excluding hydrogens is 228 g/mol. The average molecular weight is 250 g/mol. The Morgan fingerprint density at radius 1 is 1.13 bits per heavy atom. The molecule has 0 heterocycles. The van der Waals surface area contributed by atoms with Gasteiger partial charge in [0, 0.05) is 24.4 Å². The van der Waals surface area contributed by atoms with E-state index in [0.717, 1.165) is 13.1 Å². The minimum Gasteiger partial charge on any atom is -0.354 e. The van der Waals surface area contributed by atoms with Crippen molar-refractivity contribution >= 4 is 31.2 Å². The Morgan fingerprint density at radius 2 is 1.67 bits per heavy atom. The van der Waals surface area contributed by atoms with Crippen LogP contribution >= 0.6 is 25.3 Å². The summed E-state index contributed by atoms with van der Waals surface area (Å²) in [5.41, 5.74) is 0. The van der Waals surface area contributed by atoms with E-state index in [2.05, 4.69) is 35.9 Å². The van der Waals surface area contributed by atoms with Crippen molar-refractivity contribution in [1.29, 1.82) is 0 Å². The average Bonchev–Trinajstić information content (AvgIpc) is 1.99. The monoisotopic (exact) mass is 250 g/mol. The van der Waals surface area contributed by atoms with Gasteiger partial charge in [0.15, 0.2) is 0 Å². The van der Waals surface area contributed by atoms with E-state index in [-0.39, 0.29) is 10.7 Å². The smallest absolute Gasteiger partial charge is 0.235 e. The summed E-state index contributed by atoms with van der Waals surface area (Å²) < 4.78 is -0.629. The predicted octanol–water partition coefficient (Wildman–Crippen LogP) is 1.11. The quantitative estimate of drug-likeness (QED) is 0.421. The summed E-state index contributed by atoms with van der Waals surface area (Å²) in [6.45, 7) is 9.81. The third kappa shape index (κ3) is 9.08. The summed E-state index contributed by atoms with van der Waals surface area (Å²) in [5.74, 6) is -0.0437. The Hall–Kier alpha value is 0.130. The largest absolute Gasteiger partial charge is 0.354 e. The van der Waals surface area contributed by atoms with Crippen LogP contribution in [0.15, 0.2) is 0 Å². The minimum absolute atomic E-state index is 0.0210. The second kappa shape index (κ2) is 6.01. The van der Waals surface area contributed by atoms with Gasteiger partial charge in [0.05, 0.1) is 4.75 Å². The lowest BCUT2D eigenvalue weighted by atomic mass is 10.2. The van der Waals surface area contributed by atoms with Crippen LogP contribution in [-0.2, 0) is 4.79 Å². The molecule has 2 N–H and O–H groups in total. The number of hydrogen-bond donors (Lipinski definition) is 4. The van der Waals surface area contributed by atoms with Crippen molar-refractivity contribution in [3.63, 3.8) is 0 Å². The molecule has 0 spiro atoms. The molecule has 0 aromatic rings. The van der Waals surface area contributed by atoms with Crippen LogP contribution in [0.3, 0.4) is 0 Å². The fourth-order valence-corrected chi connectivity index (χ4v) is 1.07. The first-order valence-corrected chi connectivity index (χ1v) is 5.96. The molecule has 0 aliphatic rings. The van der Waals surface area contributed by atoms with E-state index in [9.17, 15) is 4.79 Å². The van der Waals surface area contributed by atoms with Crippen LogP contribution in [0.25, 0.3) is 0 Å². The normalized spacial score (nSPS) is 12.7. The first-order chi connectivity index (χ1) is 6.63. The third-order valence-electron chi connectivity index (χ3n) is 1.70. The van der Waals surface area contributed by atoms with Crippen LogP contribution in [0.2, 0.25) is 0 Å². The molecule has 0 saturated carbocycles. The molecule has 0 aromatic carbocycles. The predicted molar refractivity (Wildman–Crippen MR) is 72.0 cm³/mol. The summed E-state index contributed by atoms with van der Waals surface area (Å²) >= 11 is 8.56. The van der Waals surface area contributed by atoms with Gasteiger partial charge in [0.25, 0.3) is 0 Å². The molecule has 3 nitrogen and oxygen atoms in total. The zero-order valence-corrected chi connectivity index (χ0v) is 11.7. The van der Waals surface area contributed by atoms with Crippen LogP contribution in [0.4, 0.5) is 0 Å². The van der Waals surface area contributed by atoms with Gasteiger partial charge in [0.1, 0.15) is 0 Å². The second-order valence-corrected chi connectivity index (χ2v) is 7.13. The molecule has 0 aliphatic heterocycles. The molecule has 5 heteroatoms. The lowest BCUT2D eigenvalue weighted by Gasteiger charge is -2.19. The second-order valence-electron chi connectivity index (χ2n) is 4.80. The molecule has 0 bridgehead atoms. The van der Waals surface area contributed by atoms with Gasteiger partial charge in [-0.3, -0.25) is 4.79 Å². The molecular formula is C10H22N2OS2. The van der Waals surface area contributed by atoms with Crippen molar-refractivity contribution in [3.05, 3.63) is 0 Å². The topological polar surface area (TPSA) is 41.1 Å². The van der Waals surface area contributed by atoms with E-state index in [1.54, 1.807) is 13.8 Å². The summed E-state index contributed by atoms with van der Waals surface area (Å²) in [6.07, 6.45) is 0. The Balaban J connectivity index is 3.53. The highest BCUT2D eigenvalue weighted by molar-refractivity contribution is 7.82. The standard InChI is InChI=1S/C10H22N2OS2/c1-9(2,14)7-11-5-6-12-8(13)10(3,4)15/h11,14-15H,5-7H2,1-4H3,(H,12,13). The van der Waals surface area contributed by atoms with Crippen LogP contribution in [-0.4, -0.2) is 35.0 Å². The molecule has 15 heavy (non-hydrogen) atoms. The van der Waals surface area contributed by atoms with E-state index in [4.69, 9.17) is 0 Å². The van der Waals surface area contributed by atoms with Crippen molar-refractivity contribution in [2.24, 2.45) is 0 Å². The fraction of sp³-hybridized carbons (Fsp3) is 0.900. The highest BCUT2D eigenvalue weighted by atomic mass is 32.1. The first kappa shape index (κ1) is 15.1. The summed E-state index contributed by atoms with van der Waals surface area (Å²) in [5, 5.41) is 6.02. The zero-order chi connectivity index (χ0) is 12.1. The van der Waals surface area contributed by atoms with Gasteiger partial charge in [-0.25, -0.2) is 0 Å². The Labute approximate surface area is 104 Å². The maximum atomic E-state index is 11.4. The molecule has 90 valence electrons. The maximum Gasteiger partial charge on any atom is 0.235 e. The number of amides is 1. The van der Waals surface area contributed by atoms with Gasteiger partial charge in [-0.05, 0) is 27.7 Å². The van der Waals surface area contributed by atoms with Crippen LogP contribution in [0.5, 0.6) is 0 Å². The first-order valence-electron chi connectivity index (χ1n) is 5.07. The van der Waals surface area contributed by atoms with Crippen molar-refractivity contribution < 1.29 is 4.79 Å². The van der Waals surface area contributed by atoms with E-state index < -0.39 is 4.75 Å². The number of carbonyl (C=O) groups excluding carboxylic acids is 1.